The third kappa shape index (κ3) is 3.24. The molecule has 19 heavy (non-hydrogen) atoms. The zero-order valence-electron chi connectivity index (χ0n) is 11.4. The molecule has 0 N–H and O–H groups in total. The van der Waals surface area contributed by atoms with E-state index in [1.54, 1.807) is 29.6 Å². The summed E-state index contributed by atoms with van der Waals surface area (Å²) in [4.78, 5) is 24.6. The largest absolute Gasteiger partial charge is 0.347 e. The minimum Gasteiger partial charge on any atom is -0.347 e. The lowest BCUT2D eigenvalue weighted by Gasteiger charge is -2.14. The fourth-order valence-electron chi connectivity index (χ4n) is 1.26. The number of aliphatic imine (C=N–C) groups is 1. The maximum atomic E-state index is 4.31. The van der Waals surface area contributed by atoms with Crippen molar-refractivity contribution in [1.82, 2.24) is 24.5 Å². The molecule has 0 aliphatic rings. The van der Waals surface area contributed by atoms with Crippen LogP contribution in [0.15, 0.2) is 23.7 Å². The van der Waals surface area contributed by atoms with E-state index in [0.717, 1.165) is 0 Å². The number of nitrogens with zero attached hydrogens (tertiary/aromatic N) is 8. The van der Waals surface area contributed by atoms with Gasteiger partial charge in [-0.15, -0.1) is 0 Å². The maximum Gasteiger partial charge on any atom is 0.257 e. The van der Waals surface area contributed by atoms with Gasteiger partial charge < -0.3 is 9.80 Å². The summed E-state index contributed by atoms with van der Waals surface area (Å²) in [5.41, 5.74) is 0. The van der Waals surface area contributed by atoms with Gasteiger partial charge in [0.25, 0.3) is 5.95 Å². The maximum absolute atomic E-state index is 4.31. The van der Waals surface area contributed by atoms with Crippen molar-refractivity contribution < 1.29 is 0 Å². The van der Waals surface area contributed by atoms with Crippen LogP contribution < -0.4 is 9.80 Å². The van der Waals surface area contributed by atoms with Crippen LogP contribution in [0.5, 0.6) is 0 Å². The van der Waals surface area contributed by atoms with E-state index < -0.39 is 0 Å². The molecule has 0 atom stereocenters. The van der Waals surface area contributed by atoms with Crippen molar-refractivity contribution in [2.45, 2.75) is 0 Å². The van der Waals surface area contributed by atoms with Crippen molar-refractivity contribution in [1.29, 1.82) is 0 Å². The smallest absolute Gasteiger partial charge is 0.257 e. The van der Waals surface area contributed by atoms with Gasteiger partial charge in [-0.2, -0.15) is 15.0 Å². The molecule has 0 saturated heterocycles. The lowest BCUT2D eigenvalue weighted by Crippen LogP contribution is -2.18. The van der Waals surface area contributed by atoms with Gasteiger partial charge in [0, 0.05) is 40.6 Å². The summed E-state index contributed by atoms with van der Waals surface area (Å²) >= 11 is 0. The molecule has 0 aliphatic carbocycles. The highest BCUT2D eigenvalue weighted by Gasteiger charge is 2.08. The highest BCUT2D eigenvalue weighted by molar-refractivity contribution is 5.61. The lowest BCUT2D eigenvalue weighted by atomic mass is 10.7. The predicted molar refractivity (Wildman–Crippen MR) is 74.3 cm³/mol. The Balaban J connectivity index is 2.33. The van der Waals surface area contributed by atoms with Gasteiger partial charge in [0.1, 0.15) is 6.34 Å². The highest BCUT2D eigenvalue weighted by Crippen LogP contribution is 2.14. The van der Waals surface area contributed by atoms with Gasteiger partial charge >= 0.3 is 0 Å². The molecule has 8 heteroatoms. The number of rotatable bonds is 4. The Morgan fingerprint density at radius 1 is 1.05 bits per heavy atom. The molecular weight excluding hydrogens is 244 g/mol. The van der Waals surface area contributed by atoms with Crippen LogP contribution in [-0.4, -0.2) is 59.0 Å². The molecule has 0 aromatic carbocycles. The first-order valence-electron chi connectivity index (χ1n) is 5.68. The van der Waals surface area contributed by atoms with Crippen LogP contribution in [0, 0.1) is 0 Å². The Kier molecular flexibility index (Phi) is 3.69. The Morgan fingerprint density at radius 3 is 2.16 bits per heavy atom. The molecule has 0 amide bonds. The Bertz CT molecular complexity index is 532. The average molecular weight is 260 g/mol. The lowest BCUT2D eigenvalue weighted by molar-refractivity contribution is 0.912. The molecule has 2 rings (SSSR count). The van der Waals surface area contributed by atoms with Gasteiger partial charge in [0.05, 0.1) is 6.33 Å². The number of hydrogen-bond donors (Lipinski definition) is 0. The van der Waals surface area contributed by atoms with Crippen LogP contribution >= 0.6 is 0 Å². The van der Waals surface area contributed by atoms with Crippen molar-refractivity contribution in [3.05, 3.63) is 18.7 Å². The van der Waals surface area contributed by atoms with Crippen molar-refractivity contribution in [3.8, 4) is 0 Å². The molecule has 0 spiro atoms. The molecule has 0 saturated carbocycles. The Labute approximate surface area is 111 Å². The Morgan fingerprint density at radius 2 is 1.68 bits per heavy atom. The van der Waals surface area contributed by atoms with Crippen molar-refractivity contribution >= 4 is 24.2 Å². The van der Waals surface area contributed by atoms with E-state index in [9.17, 15) is 0 Å². The molecular formula is C11H16N8. The molecule has 100 valence electrons. The zero-order valence-corrected chi connectivity index (χ0v) is 11.4. The zero-order chi connectivity index (χ0) is 13.8. The molecule has 2 heterocycles. The third-order valence-corrected chi connectivity index (χ3v) is 2.23. The summed E-state index contributed by atoms with van der Waals surface area (Å²) in [6, 6.07) is 0. The monoisotopic (exact) mass is 260 g/mol. The fourth-order valence-corrected chi connectivity index (χ4v) is 1.26. The summed E-state index contributed by atoms with van der Waals surface area (Å²) in [5.74, 6) is 1.49. The van der Waals surface area contributed by atoms with E-state index in [0.29, 0.717) is 17.8 Å². The summed E-state index contributed by atoms with van der Waals surface area (Å²) in [6.07, 6.45) is 6.70. The molecule has 0 radical (unpaired) electrons. The van der Waals surface area contributed by atoms with Crippen LogP contribution in [0.3, 0.4) is 0 Å². The molecule has 0 bridgehead atoms. The van der Waals surface area contributed by atoms with Gasteiger partial charge in [-0.3, -0.25) is 4.57 Å². The van der Waals surface area contributed by atoms with E-state index >= 15 is 0 Å². The van der Waals surface area contributed by atoms with Gasteiger partial charge in [-0.05, 0) is 0 Å². The van der Waals surface area contributed by atoms with Gasteiger partial charge in [0.2, 0.25) is 11.9 Å². The normalized spacial score (nSPS) is 10.9. The fraction of sp³-hybridized carbons (Fsp3) is 0.364. The summed E-state index contributed by atoms with van der Waals surface area (Å²) in [6.45, 7) is 0. The average Bonchev–Trinajstić information content (AvgIpc) is 2.89. The topological polar surface area (TPSA) is 75.3 Å². The quantitative estimate of drug-likeness (QED) is 0.585. The van der Waals surface area contributed by atoms with E-state index in [1.165, 1.54) is 0 Å². The molecule has 8 nitrogen and oxygen atoms in total. The molecule has 0 fully saturated rings. The second-order valence-electron chi connectivity index (χ2n) is 4.28. The van der Waals surface area contributed by atoms with Crippen LogP contribution in [-0.2, 0) is 0 Å². The molecule has 0 unspecified atom stereocenters. The van der Waals surface area contributed by atoms with Crippen LogP contribution in [0.2, 0.25) is 0 Å². The van der Waals surface area contributed by atoms with E-state index in [-0.39, 0.29) is 0 Å². The minimum atomic E-state index is 0.358. The minimum absolute atomic E-state index is 0.358. The summed E-state index contributed by atoms with van der Waals surface area (Å²) < 4.78 is 1.72. The van der Waals surface area contributed by atoms with Crippen LogP contribution in [0.4, 0.5) is 17.8 Å². The van der Waals surface area contributed by atoms with Crippen LogP contribution in [0.1, 0.15) is 0 Å². The van der Waals surface area contributed by atoms with E-state index in [2.05, 4.69) is 24.9 Å². The van der Waals surface area contributed by atoms with Crippen LogP contribution in [0.25, 0.3) is 0 Å². The van der Waals surface area contributed by atoms with E-state index in [1.807, 2.05) is 38.0 Å². The highest BCUT2D eigenvalue weighted by atomic mass is 15.3. The van der Waals surface area contributed by atoms with Gasteiger partial charge in [-0.1, -0.05) is 0 Å². The number of anilines is 2. The second kappa shape index (κ2) is 5.42. The first-order valence-corrected chi connectivity index (χ1v) is 5.68. The first kappa shape index (κ1) is 12.9. The number of aromatic nitrogens is 5. The summed E-state index contributed by atoms with van der Waals surface area (Å²) in [7, 11) is 7.49. The summed E-state index contributed by atoms with van der Waals surface area (Å²) in [5, 5.41) is 0. The standard InChI is InChI=1S/C11H16N8/c1-17(2)10-14-9(15-11(16-10)18(3)4)13-8-19-6-5-12-7-19/h5-8H,1-4H3/b13-8+. The third-order valence-electron chi connectivity index (χ3n) is 2.23. The second-order valence-corrected chi connectivity index (χ2v) is 4.28. The predicted octanol–water partition coefficient (Wildman–Crippen LogP) is 0.408. The molecule has 0 aliphatic heterocycles. The van der Waals surface area contributed by atoms with Gasteiger partial charge in [-0.25, -0.2) is 9.98 Å². The first-order chi connectivity index (χ1) is 9.06. The van der Waals surface area contributed by atoms with E-state index in [4.69, 9.17) is 0 Å². The van der Waals surface area contributed by atoms with Crippen molar-refractivity contribution in [3.63, 3.8) is 0 Å². The molecule has 2 aromatic heterocycles. The SMILES string of the molecule is CN(C)c1nc(/N=C/n2ccnc2)nc(N(C)C)n1. The number of hydrogen-bond acceptors (Lipinski definition) is 7. The van der Waals surface area contributed by atoms with Crippen molar-refractivity contribution in [2.24, 2.45) is 4.99 Å². The van der Waals surface area contributed by atoms with Crippen molar-refractivity contribution in [2.75, 3.05) is 38.0 Å². The van der Waals surface area contributed by atoms with Gasteiger partial charge in [0.15, 0.2) is 0 Å². The number of imidazole rings is 1. The Hall–Kier alpha value is -2.51. The molecule has 2 aromatic rings.